The summed E-state index contributed by atoms with van der Waals surface area (Å²) < 4.78 is 24.1. The summed E-state index contributed by atoms with van der Waals surface area (Å²) in [5, 5.41) is 0. The Kier molecular flexibility index (Phi) is 52.6. The van der Waals surface area contributed by atoms with E-state index in [1.54, 1.807) is 0 Å². The predicted molar refractivity (Wildman–Crippen MR) is 11.5 cm³/mol. The smallest absolute Gasteiger partial charge is 1.00 e. The Morgan fingerprint density at radius 2 is 1.43 bits per heavy atom. The summed E-state index contributed by atoms with van der Waals surface area (Å²) in [5.41, 5.74) is 0. The van der Waals surface area contributed by atoms with Gasteiger partial charge in [0, 0.05) is 0 Å². The van der Waals surface area contributed by atoms with Gasteiger partial charge >= 0.3 is 103 Å². The number of hydrogen-bond acceptors (Lipinski definition) is 2. The van der Waals surface area contributed by atoms with Gasteiger partial charge in [0.05, 0.1) is 11.4 Å². The molecular formula is HBrK2O3S. The molecule has 0 aromatic rings. The van der Waals surface area contributed by atoms with E-state index in [-0.39, 0.29) is 120 Å². The molecule has 1 atom stereocenters. The van der Waals surface area contributed by atoms with Crippen molar-refractivity contribution in [1.29, 1.82) is 0 Å². The summed E-state index contributed by atoms with van der Waals surface area (Å²) in [6, 6.07) is 0. The molecule has 0 saturated carbocycles. The molecule has 0 aliphatic carbocycles. The van der Waals surface area contributed by atoms with Gasteiger partial charge in [-0.3, -0.25) is 0 Å². The first-order valence-corrected chi connectivity index (χ1v) is 1.55. The van der Waals surface area contributed by atoms with Crippen LogP contribution < -0.4 is 120 Å². The van der Waals surface area contributed by atoms with Gasteiger partial charge in [-0.15, -0.1) is 0 Å². The molecule has 0 radical (unpaired) electrons. The molecule has 0 saturated heterocycles. The summed E-state index contributed by atoms with van der Waals surface area (Å²) in [5.74, 6) is 0. The summed E-state index contributed by atoms with van der Waals surface area (Å²) in [4.78, 5) is 0. The quantitative estimate of drug-likeness (QED) is 0.337. The second-order valence-corrected chi connectivity index (χ2v) is 0.651. The normalized spacial score (nSPS) is 8.86. The van der Waals surface area contributed by atoms with Gasteiger partial charge in [-0.2, -0.15) is 0 Å². The van der Waals surface area contributed by atoms with E-state index in [1.807, 2.05) is 0 Å². The average Bonchev–Trinajstić information content (AvgIpc) is 0.811. The van der Waals surface area contributed by atoms with E-state index < -0.39 is 11.4 Å². The van der Waals surface area contributed by atoms with Crippen LogP contribution in [0.3, 0.4) is 0 Å². The van der Waals surface area contributed by atoms with E-state index in [9.17, 15) is 0 Å². The van der Waals surface area contributed by atoms with Crippen LogP contribution in [-0.4, -0.2) is 13.3 Å². The molecule has 0 bridgehead atoms. The molecule has 0 fully saturated rings. The Hall–Kier alpha value is 3.82. The van der Waals surface area contributed by atoms with E-state index in [0.717, 1.165) is 0 Å². The van der Waals surface area contributed by atoms with Crippen LogP contribution in [0, 0.1) is 0 Å². The number of halogens is 1. The van der Waals surface area contributed by atoms with Gasteiger partial charge in [-0.05, 0) is 0 Å². The van der Waals surface area contributed by atoms with Crippen LogP contribution in [-0.2, 0) is 11.4 Å². The zero-order chi connectivity index (χ0) is 3.58. The molecular weight excluding hydrogens is 238 g/mol. The summed E-state index contributed by atoms with van der Waals surface area (Å²) in [6.07, 6.45) is 0. The Morgan fingerprint density at radius 3 is 1.43 bits per heavy atom. The fourth-order valence-electron chi connectivity index (χ4n) is 0. The minimum atomic E-state index is -2.86. The molecule has 0 aliphatic rings. The van der Waals surface area contributed by atoms with Gasteiger partial charge in [0.1, 0.15) is 0 Å². The summed E-state index contributed by atoms with van der Waals surface area (Å²) >= 11 is -2.86. The van der Waals surface area contributed by atoms with Gasteiger partial charge in [0.2, 0.25) is 0 Å². The largest absolute Gasteiger partial charge is 1.00 e. The van der Waals surface area contributed by atoms with E-state index >= 15 is 0 Å². The van der Waals surface area contributed by atoms with E-state index in [4.69, 9.17) is 13.3 Å². The van der Waals surface area contributed by atoms with E-state index in [1.165, 1.54) is 0 Å². The van der Waals surface area contributed by atoms with Crippen molar-refractivity contribution in [2.75, 3.05) is 0 Å². The summed E-state index contributed by atoms with van der Waals surface area (Å²) in [7, 11) is 0. The van der Waals surface area contributed by atoms with Crippen molar-refractivity contribution in [3.63, 3.8) is 0 Å². The van der Waals surface area contributed by atoms with Gasteiger partial charge in [-0.1, -0.05) is 0 Å². The van der Waals surface area contributed by atoms with Crippen LogP contribution in [0.4, 0.5) is 0 Å². The molecule has 7 heavy (non-hydrogen) atoms. The maximum Gasteiger partial charge on any atom is 1.00 e. The molecule has 34 valence electrons. The van der Waals surface area contributed by atoms with Crippen LogP contribution in [0.15, 0.2) is 0 Å². The zero-order valence-corrected chi connectivity index (χ0v) is 12.7. The minimum Gasteiger partial charge on any atom is -1.00 e. The average molecular weight is 239 g/mol. The maximum atomic E-state index is 8.56. The molecule has 1 N–H and O–H groups in total. The topological polar surface area (TPSA) is 60.4 Å². The second kappa shape index (κ2) is 16.4. The van der Waals surface area contributed by atoms with Crippen molar-refractivity contribution in [2.24, 2.45) is 0 Å². The van der Waals surface area contributed by atoms with Crippen LogP contribution in [0.1, 0.15) is 0 Å². The van der Waals surface area contributed by atoms with Crippen molar-refractivity contribution in [1.82, 2.24) is 0 Å². The van der Waals surface area contributed by atoms with Gasteiger partial charge in [0.25, 0.3) is 0 Å². The molecule has 0 aromatic carbocycles. The monoisotopic (exact) mass is 238 g/mol. The zero-order valence-electron chi connectivity index (χ0n) is 4.05. The van der Waals surface area contributed by atoms with Crippen molar-refractivity contribution in [3.8, 4) is 0 Å². The van der Waals surface area contributed by atoms with E-state index in [2.05, 4.69) is 0 Å². The Morgan fingerprint density at radius 1 is 1.43 bits per heavy atom. The molecule has 0 aromatic heterocycles. The number of hydrogen-bond donors (Lipinski definition) is 1. The van der Waals surface area contributed by atoms with Crippen LogP contribution >= 0.6 is 0 Å². The SMILES string of the molecule is O=S([O-])O.[Br-].[K+].[K+]. The van der Waals surface area contributed by atoms with E-state index in [0.29, 0.717) is 0 Å². The molecule has 0 heterocycles. The Bertz CT molecular complexity index is 35.9. The van der Waals surface area contributed by atoms with Crippen LogP contribution in [0.2, 0.25) is 0 Å². The first kappa shape index (κ1) is 22.4. The molecule has 1 unspecified atom stereocenters. The van der Waals surface area contributed by atoms with Crippen molar-refractivity contribution in [3.05, 3.63) is 0 Å². The summed E-state index contributed by atoms with van der Waals surface area (Å²) in [6.45, 7) is 0. The van der Waals surface area contributed by atoms with Crippen molar-refractivity contribution >= 4 is 11.4 Å². The van der Waals surface area contributed by atoms with Crippen LogP contribution in [0.5, 0.6) is 0 Å². The standard InChI is InChI=1S/BrH.2K.H2O3S/c;;;1-4(2)3/h1H;;;(H2,1,2,3)/q;2*+1;/p-2. The third-order valence-electron chi connectivity index (χ3n) is 0. The molecule has 0 spiro atoms. The molecule has 0 aliphatic heterocycles. The molecule has 3 nitrogen and oxygen atoms in total. The van der Waals surface area contributed by atoms with Gasteiger partial charge < -0.3 is 26.1 Å². The van der Waals surface area contributed by atoms with Crippen molar-refractivity contribution in [2.45, 2.75) is 0 Å². The third kappa shape index (κ3) is 41.1. The van der Waals surface area contributed by atoms with Crippen LogP contribution in [0.25, 0.3) is 0 Å². The molecule has 0 rings (SSSR count). The fraction of sp³-hybridized carbons (Fsp3) is 0. The maximum absolute atomic E-state index is 8.56. The molecule has 7 heteroatoms. The predicted octanol–water partition coefficient (Wildman–Crippen LogP) is -9.65. The Balaban J connectivity index is -0.0000000150. The third-order valence-corrected chi connectivity index (χ3v) is 0. The first-order valence-electron chi connectivity index (χ1n) is 0.516. The first-order chi connectivity index (χ1) is 1.73. The fourth-order valence-corrected chi connectivity index (χ4v) is 0. The second-order valence-electron chi connectivity index (χ2n) is 0.217. The molecule has 0 amide bonds. The number of rotatable bonds is 0. The van der Waals surface area contributed by atoms with Gasteiger partial charge in [-0.25, -0.2) is 4.21 Å². The minimum absolute atomic E-state index is 0. The Labute approximate surface area is 140 Å². The van der Waals surface area contributed by atoms with Gasteiger partial charge in [0.15, 0.2) is 0 Å². The van der Waals surface area contributed by atoms with Crippen molar-refractivity contribution < 1.29 is 133 Å².